The second-order valence-electron chi connectivity index (χ2n) is 3.88. The zero-order valence-corrected chi connectivity index (χ0v) is 10.7. The predicted molar refractivity (Wildman–Crippen MR) is 67.7 cm³/mol. The van der Waals surface area contributed by atoms with Gasteiger partial charge in [-0.25, -0.2) is 10.6 Å². The van der Waals surface area contributed by atoms with Gasteiger partial charge in [0, 0.05) is 13.0 Å². The highest BCUT2D eigenvalue weighted by atomic mass is 16.5. The maximum atomic E-state index is 11.3. The molecule has 0 radical (unpaired) electrons. The van der Waals surface area contributed by atoms with E-state index in [4.69, 9.17) is 5.84 Å². The highest BCUT2D eigenvalue weighted by Crippen LogP contribution is 2.06. The minimum Gasteiger partial charge on any atom is -0.465 e. The first-order chi connectivity index (χ1) is 8.58. The van der Waals surface area contributed by atoms with E-state index in [9.17, 15) is 9.59 Å². The summed E-state index contributed by atoms with van der Waals surface area (Å²) in [7, 11) is 1.35. The van der Waals surface area contributed by atoms with Crippen LogP contribution in [0, 0.1) is 0 Å². The third-order valence-corrected chi connectivity index (χ3v) is 2.64. The van der Waals surface area contributed by atoms with Crippen LogP contribution in [0.5, 0.6) is 0 Å². The summed E-state index contributed by atoms with van der Waals surface area (Å²) in [5.74, 6) is 5.14. The Bertz CT molecular complexity index is 415. The van der Waals surface area contributed by atoms with Gasteiger partial charge in [0.2, 0.25) is 5.91 Å². The van der Waals surface area contributed by atoms with Crippen LogP contribution >= 0.6 is 0 Å². The monoisotopic (exact) mass is 250 g/mol. The molecular formula is C13H18N2O3. The fraction of sp³-hybridized carbons (Fsp3) is 0.385. The zero-order chi connectivity index (χ0) is 13.5. The SMILES string of the molecule is CCC(=O)N(N)CCc1ccc(C(=O)OC)cc1. The van der Waals surface area contributed by atoms with E-state index in [1.807, 2.05) is 12.1 Å². The first-order valence-corrected chi connectivity index (χ1v) is 5.80. The Labute approximate surface area is 106 Å². The van der Waals surface area contributed by atoms with Gasteiger partial charge < -0.3 is 4.74 Å². The van der Waals surface area contributed by atoms with Gasteiger partial charge in [0.25, 0.3) is 0 Å². The molecule has 0 unspecified atom stereocenters. The van der Waals surface area contributed by atoms with Gasteiger partial charge in [-0.15, -0.1) is 0 Å². The fourth-order valence-corrected chi connectivity index (χ4v) is 1.50. The minimum absolute atomic E-state index is 0.0822. The van der Waals surface area contributed by atoms with Gasteiger partial charge in [-0.2, -0.15) is 0 Å². The Kier molecular flexibility index (Phi) is 5.32. The van der Waals surface area contributed by atoms with Crippen LogP contribution in [-0.2, 0) is 16.0 Å². The van der Waals surface area contributed by atoms with Crippen molar-refractivity contribution in [3.8, 4) is 0 Å². The summed E-state index contributed by atoms with van der Waals surface area (Å²) in [4.78, 5) is 22.5. The smallest absolute Gasteiger partial charge is 0.337 e. The third kappa shape index (κ3) is 3.85. The number of carbonyl (C=O) groups excluding carboxylic acids is 2. The van der Waals surface area contributed by atoms with Crippen LogP contribution in [0.2, 0.25) is 0 Å². The molecule has 1 amide bonds. The molecule has 0 heterocycles. The lowest BCUT2D eigenvalue weighted by Crippen LogP contribution is -2.38. The van der Waals surface area contributed by atoms with Crippen molar-refractivity contribution in [2.45, 2.75) is 19.8 Å². The van der Waals surface area contributed by atoms with Gasteiger partial charge in [0.05, 0.1) is 12.7 Å². The molecule has 0 aromatic heterocycles. The van der Waals surface area contributed by atoms with Crippen LogP contribution in [0.25, 0.3) is 0 Å². The lowest BCUT2D eigenvalue weighted by Gasteiger charge is -2.15. The third-order valence-electron chi connectivity index (χ3n) is 2.64. The van der Waals surface area contributed by atoms with Gasteiger partial charge in [-0.1, -0.05) is 19.1 Å². The van der Waals surface area contributed by atoms with E-state index in [-0.39, 0.29) is 11.9 Å². The standard InChI is InChI=1S/C13H18N2O3/c1-3-12(16)15(14)9-8-10-4-6-11(7-5-10)13(17)18-2/h4-7H,3,8-9,14H2,1-2H3. The Morgan fingerprint density at radius 3 is 2.39 bits per heavy atom. The average molecular weight is 250 g/mol. The molecule has 1 rings (SSSR count). The number of nitrogens with two attached hydrogens (primary N) is 1. The number of esters is 1. The first kappa shape index (κ1) is 14.2. The molecule has 0 atom stereocenters. The summed E-state index contributed by atoms with van der Waals surface area (Å²) >= 11 is 0. The van der Waals surface area contributed by atoms with E-state index >= 15 is 0 Å². The van der Waals surface area contributed by atoms with Crippen molar-refractivity contribution >= 4 is 11.9 Å². The van der Waals surface area contributed by atoms with Gasteiger partial charge in [0.15, 0.2) is 0 Å². The summed E-state index contributed by atoms with van der Waals surface area (Å²) in [6, 6.07) is 7.06. The first-order valence-electron chi connectivity index (χ1n) is 5.80. The number of amides is 1. The van der Waals surface area contributed by atoms with E-state index < -0.39 is 0 Å². The maximum Gasteiger partial charge on any atom is 0.337 e. The summed E-state index contributed by atoms with van der Waals surface area (Å²) in [5, 5.41) is 1.22. The van der Waals surface area contributed by atoms with Crippen molar-refractivity contribution in [2.24, 2.45) is 5.84 Å². The molecule has 5 nitrogen and oxygen atoms in total. The molecule has 0 saturated carbocycles. The van der Waals surface area contributed by atoms with E-state index in [1.165, 1.54) is 12.1 Å². The van der Waals surface area contributed by atoms with Crippen LogP contribution in [-0.4, -0.2) is 30.5 Å². The number of methoxy groups -OCH3 is 1. The number of carbonyl (C=O) groups is 2. The van der Waals surface area contributed by atoms with Crippen molar-refractivity contribution in [1.29, 1.82) is 0 Å². The molecule has 0 aliphatic carbocycles. The summed E-state index contributed by atoms with van der Waals surface area (Å²) in [6.45, 7) is 2.23. The van der Waals surface area contributed by atoms with Crippen LogP contribution < -0.4 is 5.84 Å². The second-order valence-corrected chi connectivity index (χ2v) is 3.88. The molecule has 0 saturated heterocycles. The number of rotatable bonds is 5. The average Bonchev–Trinajstić information content (AvgIpc) is 2.43. The largest absolute Gasteiger partial charge is 0.465 e. The molecule has 0 bridgehead atoms. The zero-order valence-electron chi connectivity index (χ0n) is 10.7. The number of hydrogen-bond acceptors (Lipinski definition) is 4. The van der Waals surface area contributed by atoms with E-state index in [1.54, 1.807) is 19.1 Å². The minimum atomic E-state index is -0.358. The quantitative estimate of drug-likeness (QED) is 0.368. The molecule has 1 aromatic carbocycles. The van der Waals surface area contributed by atoms with Gasteiger partial charge in [-0.3, -0.25) is 9.80 Å². The van der Waals surface area contributed by atoms with E-state index in [0.717, 1.165) is 5.56 Å². The number of hydrazine groups is 1. The predicted octanol–water partition coefficient (Wildman–Crippen LogP) is 1.13. The van der Waals surface area contributed by atoms with Gasteiger partial charge in [-0.05, 0) is 24.1 Å². The Hall–Kier alpha value is -1.88. The number of nitrogens with zero attached hydrogens (tertiary/aromatic N) is 1. The van der Waals surface area contributed by atoms with Gasteiger partial charge >= 0.3 is 5.97 Å². The highest BCUT2D eigenvalue weighted by Gasteiger charge is 2.07. The molecule has 18 heavy (non-hydrogen) atoms. The molecule has 0 fully saturated rings. The van der Waals surface area contributed by atoms with Crippen LogP contribution in [0.4, 0.5) is 0 Å². The van der Waals surface area contributed by atoms with Crippen molar-refractivity contribution in [3.63, 3.8) is 0 Å². The molecule has 5 heteroatoms. The van der Waals surface area contributed by atoms with Crippen LogP contribution in [0.15, 0.2) is 24.3 Å². The van der Waals surface area contributed by atoms with Gasteiger partial charge in [0.1, 0.15) is 0 Å². The van der Waals surface area contributed by atoms with Crippen LogP contribution in [0.3, 0.4) is 0 Å². The van der Waals surface area contributed by atoms with Crippen molar-refractivity contribution in [3.05, 3.63) is 35.4 Å². The fourth-order valence-electron chi connectivity index (χ4n) is 1.50. The molecule has 2 N–H and O–H groups in total. The van der Waals surface area contributed by atoms with Crippen molar-refractivity contribution in [1.82, 2.24) is 5.01 Å². The molecule has 0 spiro atoms. The van der Waals surface area contributed by atoms with Crippen LogP contribution in [0.1, 0.15) is 29.3 Å². The Morgan fingerprint density at radius 2 is 1.89 bits per heavy atom. The Balaban J connectivity index is 2.54. The normalized spacial score (nSPS) is 9.94. The van der Waals surface area contributed by atoms with E-state index in [2.05, 4.69) is 4.74 Å². The van der Waals surface area contributed by atoms with Crippen molar-refractivity contribution in [2.75, 3.05) is 13.7 Å². The highest BCUT2D eigenvalue weighted by molar-refractivity contribution is 5.89. The molecular weight excluding hydrogens is 232 g/mol. The molecule has 0 aliphatic rings. The van der Waals surface area contributed by atoms with Crippen molar-refractivity contribution < 1.29 is 14.3 Å². The molecule has 0 aliphatic heterocycles. The topological polar surface area (TPSA) is 72.6 Å². The number of ether oxygens (including phenoxy) is 1. The lowest BCUT2D eigenvalue weighted by atomic mass is 10.1. The lowest BCUT2D eigenvalue weighted by molar-refractivity contribution is -0.131. The number of hydrogen-bond donors (Lipinski definition) is 1. The maximum absolute atomic E-state index is 11.3. The second kappa shape index (κ2) is 6.76. The van der Waals surface area contributed by atoms with E-state index in [0.29, 0.717) is 24.9 Å². The summed E-state index contributed by atoms with van der Waals surface area (Å²) in [5.41, 5.74) is 1.53. The summed E-state index contributed by atoms with van der Waals surface area (Å²) < 4.78 is 4.61. The Morgan fingerprint density at radius 1 is 1.28 bits per heavy atom. The molecule has 1 aromatic rings. The summed E-state index contributed by atoms with van der Waals surface area (Å²) in [6.07, 6.45) is 1.06. The molecule has 98 valence electrons. The number of benzene rings is 1.